The first-order valence-corrected chi connectivity index (χ1v) is 8.28. The highest BCUT2D eigenvalue weighted by Crippen LogP contribution is 2.37. The number of hydrogen-bond acceptors (Lipinski definition) is 6. The van der Waals surface area contributed by atoms with Gasteiger partial charge < -0.3 is 15.2 Å². The molecule has 0 bridgehead atoms. The van der Waals surface area contributed by atoms with E-state index in [1.807, 2.05) is 0 Å². The van der Waals surface area contributed by atoms with Gasteiger partial charge in [0.15, 0.2) is 5.54 Å². The van der Waals surface area contributed by atoms with Gasteiger partial charge in [0.1, 0.15) is 18.3 Å². The molecule has 0 radical (unpaired) electrons. The number of halogens is 4. The Morgan fingerprint density at radius 1 is 1.36 bits per heavy atom. The van der Waals surface area contributed by atoms with E-state index in [9.17, 15) is 18.0 Å². The molecule has 1 aromatic heterocycles. The Morgan fingerprint density at radius 2 is 2.14 bits per heavy atom. The molecule has 0 fully saturated rings. The minimum atomic E-state index is -3.10. The van der Waals surface area contributed by atoms with Crippen molar-refractivity contribution in [2.24, 2.45) is 10.7 Å². The van der Waals surface area contributed by atoms with Gasteiger partial charge in [0.05, 0.1) is 11.6 Å². The highest BCUT2D eigenvalue weighted by atomic mass is 35.5. The van der Waals surface area contributed by atoms with Gasteiger partial charge in [-0.3, -0.25) is 10.3 Å². The van der Waals surface area contributed by atoms with Gasteiger partial charge in [-0.2, -0.15) is 0 Å². The highest BCUT2D eigenvalue weighted by molar-refractivity contribution is 6.30. The van der Waals surface area contributed by atoms with Gasteiger partial charge in [-0.15, -0.1) is 0 Å². The van der Waals surface area contributed by atoms with E-state index in [-0.39, 0.29) is 24.0 Å². The number of pyridine rings is 1. The number of carbonyl (C=O) groups excluding carboxylic acids is 1. The number of nitrogens with zero attached hydrogens (tertiary/aromatic N) is 2. The highest BCUT2D eigenvalue weighted by Gasteiger charge is 2.46. The summed E-state index contributed by atoms with van der Waals surface area (Å²) in [5.41, 5.74) is 2.74. The van der Waals surface area contributed by atoms with Gasteiger partial charge in [0, 0.05) is 23.5 Å². The standard InChI is InChI=1S/C17H14ClF3N4O3/c18-9-1-4-14(23-6-9)28-16(26)24-10-2-3-12(19)11(5-10)17(15(20)21)8-27-7-13(22)25-17/h1-6,15H,7-8H2,(H2,22,25)(H,24,26). The maximum absolute atomic E-state index is 14.3. The second-order valence-corrected chi connectivity index (χ2v) is 6.28. The van der Waals surface area contributed by atoms with Crippen LogP contribution < -0.4 is 15.8 Å². The molecule has 1 amide bonds. The monoisotopic (exact) mass is 414 g/mol. The van der Waals surface area contributed by atoms with Crippen LogP contribution >= 0.6 is 11.6 Å². The Labute approximate surface area is 162 Å². The van der Waals surface area contributed by atoms with E-state index >= 15 is 0 Å². The summed E-state index contributed by atoms with van der Waals surface area (Å²) in [4.78, 5) is 19.5. The molecule has 28 heavy (non-hydrogen) atoms. The lowest BCUT2D eigenvalue weighted by molar-refractivity contribution is -0.0145. The summed E-state index contributed by atoms with van der Waals surface area (Å²) < 4.78 is 51.9. The van der Waals surface area contributed by atoms with E-state index in [4.69, 9.17) is 26.8 Å². The first-order chi connectivity index (χ1) is 13.3. The van der Waals surface area contributed by atoms with E-state index in [0.717, 1.165) is 12.1 Å². The number of aliphatic imine (C=N–C) groups is 1. The van der Waals surface area contributed by atoms with Gasteiger partial charge in [0.2, 0.25) is 5.88 Å². The fourth-order valence-corrected chi connectivity index (χ4v) is 2.71. The molecule has 1 aliphatic heterocycles. The lowest BCUT2D eigenvalue weighted by Gasteiger charge is -2.33. The number of ether oxygens (including phenoxy) is 2. The minimum absolute atomic E-state index is 0.00901. The fraction of sp³-hybridized carbons (Fsp3) is 0.235. The van der Waals surface area contributed by atoms with Crippen LogP contribution in [0.5, 0.6) is 5.88 Å². The molecule has 7 nitrogen and oxygen atoms in total. The molecule has 2 aromatic rings. The number of benzene rings is 1. The van der Waals surface area contributed by atoms with Crippen molar-refractivity contribution >= 4 is 29.2 Å². The van der Waals surface area contributed by atoms with E-state index in [0.29, 0.717) is 5.02 Å². The Morgan fingerprint density at radius 3 is 2.79 bits per heavy atom. The van der Waals surface area contributed by atoms with Gasteiger partial charge in [-0.25, -0.2) is 22.9 Å². The number of hydrogen-bond donors (Lipinski definition) is 2. The van der Waals surface area contributed by atoms with Crippen molar-refractivity contribution in [1.82, 2.24) is 4.98 Å². The van der Waals surface area contributed by atoms with E-state index < -0.39 is 36.0 Å². The predicted molar refractivity (Wildman–Crippen MR) is 95.4 cm³/mol. The zero-order valence-corrected chi connectivity index (χ0v) is 14.9. The number of nitrogens with one attached hydrogen (secondary N) is 1. The van der Waals surface area contributed by atoms with Crippen molar-refractivity contribution in [3.8, 4) is 5.88 Å². The maximum Gasteiger partial charge on any atom is 0.418 e. The van der Waals surface area contributed by atoms with Crippen LogP contribution in [0, 0.1) is 5.82 Å². The van der Waals surface area contributed by atoms with Gasteiger partial charge in [0.25, 0.3) is 6.43 Å². The predicted octanol–water partition coefficient (Wildman–Crippen LogP) is 3.33. The second-order valence-electron chi connectivity index (χ2n) is 5.84. The summed E-state index contributed by atoms with van der Waals surface area (Å²) in [6.45, 7) is -0.695. The molecule has 2 heterocycles. The van der Waals surface area contributed by atoms with Crippen molar-refractivity contribution in [3.63, 3.8) is 0 Å². The summed E-state index contributed by atoms with van der Waals surface area (Å²) >= 11 is 5.69. The third kappa shape index (κ3) is 4.18. The number of carbonyl (C=O) groups is 1. The smallest absolute Gasteiger partial charge is 0.391 e. The summed E-state index contributed by atoms with van der Waals surface area (Å²) in [6.07, 6.45) is -2.78. The summed E-state index contributed by atoms with van der Waals surface area (Å²) in [5.74, 6) is -1.16. The molecule has 1 unspecified atom stereocenters. The molecular formula is C17H14ClF3N4O3. The lowest BCUT2D eigenvalue weighted by Crippen LogP contribution is -2.45. The summed E-state index contributed by atoms with van der Waals surface area (Å²) in [7, 11) is 0. The SMILES string of the molecule is NC1=NC(c2cc(NC(=O)Oc3ccc(Cl)cn3)ccc2F)(C(F)F)COC1. The van der Waals surface area contributed by atoms with Crippen molar-refractivity contribution in [3.05, 3.63) is 52.9 Å². The number of amidine groups is 1. The molecule has 1 aliphatic rings. The normalized spacial score (nSPS) is 19.2. The minimum Gasteiger partial charge on any atom is -0.391 e. The quantitative estimate of drug-likeness (QED) is 0.799. The summed E-state index contributed by atoms with van der Waals surface area (Å²) in [6, 6.07) is 5.97. The third-order valence-electron chi connectivity index (χ3n) is 3.85. The fourth-order valence-electron chi connectivity index (χ4n) is 2.60. The van der Waals surface area contributed by atoms with E-state index in [1.54, 1.807) is 0 Å². The number of nitrogens with two attached hydrogens (primary N) is 1. The van der Waals surface area contributed by atoms with Crippen LogP contribution in [-0.2, 0) is 10.3 Å². The topological polar surface area (TPSA) is 98.8 Å². The Bertz CT molecular complexity index is 911. The molecule has 0 spiro atoms. The van der Waals surface area contributed by atoms with E-state index in [2.05, 4.69) is 15.3 Å². The van der Waals surface area contributed by atoms with Crippen LogP contribution in [0.4, 0.5) is 23.7 Å². The molecule has 1 atom stereocenters. The Kier molecular flexibility index (Phi) is 5.71. The largest absolute Gasteiger partial charge is 0.418 e. The molecule has 148 valence electrons. The Balaban J connectivity index is 1.85. The van der Waals surface area contributed by atoms with Crippen molar-refractivity contribution in [2.45, 2.75) is 12.0 Å². The Hall–Kier alpha value is -2.85. The average molecular weight is 415 g/mol. The first-order valence-electron chi connectivity index (χ1n) is 7.90. The summed E-state index contributed by atoms with van der Waals surface area (Å²) in [5, 5.41) is 2.66. The zero-order valence-electron chi connectivity index (χ0n) is 14.2. The zero-order chi connectivity index (χ0) is 20.3. The molecule has 3 rings (SSSR count). The van der Waals surface area contributed by atoms with Crippen molar-refractivity contribution in [2.75, 3.05) is 18.5 Å². The molecular weight excluding hydrogens is 401 g/mol. The number of alkyl halides is 2. The van der Waals surface area contributed by atoms with Crippen LogP contribution in [0.2, 0.25) is 5.02 Å². The van der Waals surface area contributed by atoms with E-state index in [1.165, 1.54) is 24.4 Å². The number of rotatable bonds is 4. The molecule has 1 aromatic carbocycles. The number of aromatic nitrogens is 1. The third-order valence-corrected chi connectivity index (χ3v) is 4.08. The second kappa shape index (κ2) is 8.03. The van der Waals surface area contributed by atoms with Crippen molar-refractivity contribution < 1.29 is 27.4 Å². The van der Waals surface area contributed by atoms with Crippen molar-refractivity contribution in [1.29, 1.82) is 0 Å². The van der Waals surface area contributed by atoms with Crippen LogP contribution in [0.1, 0.15) is 5.56 Å². The van der Waals surface area contributed by atoms with Crippen LogP contribution in [0.3, 0.4) is 0 Å². The molecule has 0 aliphatic carbocycles. The van der Waals surface area contributed by atoms with Gasteiger partial charge in [-0.1, -0.05) is 11.6 Å². The van der Waals surface area contributed by atoms with Crippen LogP contribution in [-0.4, -0.2) is 36.6 Å². The first kappa shape index (κ1) is 19.9. The molecule has 0 saturated carbocycles. The van der Waals surface area contributed by atoms with Gasteiger partial charge in [-0.05, 0) is 24.3 Å². The van der Waals surface area contributed by atoms with Crippen LogP contribution in [0.25, 0.3) is 0 Å². The molecule has 3 N–H and O–H groups in total. The average Bonchev–Trinajstić information content (AvgIpc) is 2.65. The maximum atomic E-state index is 14.3. The number of amides is 1. The van der Waals surface area contributed by atoms with Gasteiger partial charge >= 0.3 is 6.09 Å². The molecule has 11 heteroatoms. The lowest BCUT2D eigenvalue weighted by atomic mass is 9.90. The molecule has 0 saturated heterocycles. The van der Waals surface area contributed by atoms with Crippen LogP contribution in [0.15, 0.2) is 41.5 Å². The number of anilines is 1.